The molecule has 0 aliphatic heterocycles. The fourth-order valence-electron chi connectivity index (χ4n) is 7.49. The summed E-state index contributed by atoms with van der Waals surface area (Å²) >= 11 is 0. The van der Waals surface area contributed by atoms with Gasteiger partial charge in [0.2, 0.25) is 0 Å². The first-order valence-electron chi connectivity index (χ1n) is 10.4. The number of hydrogen-bond acceptors (Lipinski definition) is 2. The van der Waals surface area contributed by atoms with E-state index in [4.69, 9.17) is 9.47 Å². The van der Waals surface area contributed by atoms with Crippen LogP contribution in [0.4, 0.5) is 0 Å². The van der Waals surface area contributed by atoms with Gasteiger partial charge in [-0.3, -0.25) is 0 Å². The van der Waals surface area contributed by atoms with Crippen LogP contribution in [0.1, 0.15) is 44.2 Å². The van der Waals surface area contributed by atoms with Gasteiger partial charge < -0.3 is 9.47 Å². The van der Waals surface area contributed by atoms with Crippen LogP contribution in [0.25, 0.3) is 0 Å². The molecular weight excluding hydrogens is 332 g/mol. The fourth-order valence-corrected chi connectivity index (χ4v) is 7.49. The molecule has 2 aromatic carbocycles. The highest BCUT2D eigenvalue weighted by Gasteiger charge is 2.94. The molecule has 2 heteroatoms. The normalized spacial score (nSPS) is 41.1. The van der Waals surface area contributed by atoms with Gasteiger partial charge in [0, 0.05) is 28.8 Å². The SMILES string of the molecule is CCOCCO[C@@H]1[C@@]2(C)C[C@H]3[C@@]1(C)[C@]3(c1ccccc1)[C@@H]2c1ccccc1. The molecule has 4 fully saturated rings. The highest BCUT2D eigenvalue weighted by atomic mass is 16.5. The number of ether oxygens (including phenoxy) is 2. The lowest BCUT2D eigenvalue weighted by Crippen LogP contribution is -2.34. The second kappa shape index (κ2) is 5.93. The lowest BCUT2D eigenvalue weighted by atomic mass is 9.71. The molecule has 6 atom stereocenters. The van der Waals surface area contributed by atoms with Gasteiger partial charge in [-0.1, -0.05) is 74.5 Å². The smallest absolute Gasteiger partial charge is 0.0704 e. The fraction of sp³-hybridized carbons (Fsp3) is 0.520. The van der Waals surface area contributed by atoms with Crippen molar-refractivity contribution in [2.75, 3.05) is 19.8 Å². The Morgan fingerprint density at radius 2 is 1.59 bits per heavy atom. The molecule has 0 unspecified atom stereocenters. The van der Waals surface area contributed by atoms with Crippen LogP contribution in [0, 0.1) is 16.7 Å². The summed E-state index contributed by atoms with van der Waals surface area (Å²) in [5.74, 6) is 1.22. The summed E-state index contributed by atoms with van der Waals surface area (Å²) in [5, 5.41) is 0. The quantitative estimate of drug-likeness (QED) is 0.631. The summed E-state index contributed by atoms with van der Waals surface area (Å²) in [6.07, 6.45) is 1.55. The molecular formula is C25H30O2. The number of rotatable bonds is 7. The topological polar surface area (TPSA) is 18.5 Å². The van der Waals surface area contributed by atoms with Crippen LogP contribution < -0.4 is 0 Å². The van der Waals surface area contributed by atoms with Crippen molar-refractivity contribution in [1.82, 2.24) is 0 Å². The molecule has 0 spiro atoms. The van der Waals surface area contributed by atoms with Crippen LogP contribution in [0.15, 0.2) is 60.7 Å². The molecule has 4 bridgehead atoms. The predicted octanol–water partition coefficient (Wildman–Crippen LogP) is 5.19. The minimum Gasteiger partial charge on any atom is -0.379 e. The van der Waals surface area contributed by atoms with E-state index in [0.717, 1.165) is 6.61 Å². The van der Waals surface area contributed by atoms with E-state index < -0.39 is 0 Å². The average Bonchev–Trinajstić information content (AvgIpc) is 2.91. The van der Waals surface area contributed by atoms with Gasteiger partial charge >= 0.3 is 0 Å². The largest absolute Gasteiger partial charge is 0.379 e. The van der Waals surface area contributed by atoms with Gasteiger partial charge in [-0.05, 0) is 30.4 Å². The lowest BCUT2D eigenvalue weighted by Gasteiger charge is -2.34. The summed E-state index contributed by atoms with van der Waals surface area (Å²) in [6, 6.07) is 22.4. The molecule has 0 aromatic heterocycles. The van der Waals surface area contributed by atoms with Gasteiger partial charge in [0.05, 0.1) is 19.3 Å². The maximum absolute atomic E-state index is 6.59. The number of hydrogen-bond donors (Lipinski definition) is 0. The van der Waals surface area contributed by atoms with Gasteiger partial charge in [-0.15, -0.1) is 0 Å². The Morgan fingerprint density at radius 1 is 0.926 bits per heavy atom. The summed E-state index contributed by atoms with van der Waals surface area (Å²) in [5.41, 5.74) is 3.59. The summed E-state index contributed by atoms with van der Waals surface area (Å²) < 4.78 is 12.1. The van der Waals surface area contributed by atoms with Gasteiger partial charge in [0.25, 0.3) is 0 Å². The van der Waals surface area contributed by atoms with E-state index in [9.17, 15) is 0 Å². The van der Waals surface area contributed by atoms with Crippen molar-refractivity contribution in [2.24, 2.45) is 16.7 Å². The first kappa shape index (κ1) is 17.5. The van der Waals surface area contributed by atoms with E-state index in [2.05, 4.69) is 74.5 Å². The Labute approximate surface area is 162 Å². The molecule has 142 valence electrons. The van der Waals surface area contributed by atoms with Gasteiger partial charge in [-0.2, -0.15) is 0 Å². The van der Waals surface area contributed by atoms with Crippen LogP contribution in [-0.4, -0.2) is 25.9 Å². The first-order valence-corrected chi connectivity index (χ1v) is 10.4. The Hall–Kier alpha value is -1.64. The van der Waals surface area contributed by atoms with Gasteiger partial charge in [0.15, 0.2) is 0 Å². The van der Waals surface area contributed by atoms with Crippen molar-refractivity contribution < 1.29 is 9.47 Å². The standard InChI is InChI=1S/C25H30O2/c1-4-26-15-16-27-22-23(2)17-20-24(22,3)25(20,19-13-9-6-10-14-19)21(23)18-11-7-5-8-12-18/h5-14,20-22H,4,15-17H2,1-3H3/t20-,21+,22+,23-,24+,25-/m0/s1. The third-order valence-corrected chi connectivity index (χ3v) is 8.08. The van der Waals surface area contributed by atoms with Crippen molar-refractivity contribution in [3.63, 3.8) is 0 Å². The van der Waals surface area contributed by atoms with Gasteiger partial charge in [-0.25, -0.2) is 0 Å². The zero-order valence-electron chi connectivity index (χ0n) is 16.7. The molecule has 4 aliphatic rings. The van der Waals surface area contributed by atoms with E-state index in [0.29, 0.717) is 31.2 Å². The second-order valence-electron chi connectivity index (χ2n) is 9.07. The number of benzene rings is 2. The zero-order valence-corrected chi connectivity index (χ0v) is 16.7. The van der Waals surface area contributed by atoms with E-state index in [1.807, 2.05) is 6.92 Å². The second-order valence-corrected chi connectivity index (χ2v) is 9.07. The van der Waals surface area contributed by atoms with Crippen molar-refractivity contribution in [3.8, 4) is 0 Å². The van der Waals surface area contributed by atoms with Crippen molar-refractivity contribution >= 4 is 0 Å². The van der Waals surface area contributed by atoms with E-state index in [-0.39, 0.29) is 16.2 Å². The first-order chi connectivity index (χ1) is 13.1. The summed E-state index contributed by atoms with van der Waals surface area (Å²) in [7, 11) is 0. The van der Waals surface area contributed by atoms with Gasteiger partial charge in [0.1, 0.15) is 0 Å². The molecule has 4 aliphatic carbocycles. The summed E-state index contributed by atoms with van der Waals surface area (Å²) in [6.45, 7) is 9.16. The Morgan fingerprint density at radius 3 is 2.26 bits per heavy atom. The molecule has 2 aromatic rings. The van der Waals surface area contributed by atoms with Crippen LogP contribution in [0.5, 0.6) is 0 Å². The molecule has 27 heavy (non-hydrogen) atoms. The highest BCUT2D eigenvalue weighted by Crippen LogP contribution is 2.94. The van der Waals surface area contributed by atoms with E-state index in [1.54, 1.807) is 0 Å². The minimum absolute atomic E-state index is 0.183. The molecule has 4 saturated carbocycles. The Balaban J connectivity index is 1.59. The minimum atomic E-state index is 0.183. The van der Waals surface area contributed by atoms with E-state index >= 15 is 0 Å². The maximum Gasteiger partial charge on any atom is 0.0704 e. The molecule has 0 heterocycles. The molecule has 0 amide bonds. The Bertz CT molecular complexity index is 815. The van der Waals surface area contributed by atoms with Crippen molar-refractivity contribution in [2.45, 2.75) is 44.6 Å². The Kier molecular flexibility index (Phi) is 3.83. The average molecular weight is 363 g/mol. The maximum atomic E-state index is 6.59. The molecule has 6 rings (SSSR count). The lowest BCUT2D eigenvalue weighted by molar-refractivity contribution is -0.0547. The van der Waals surface area contributed by atoms with Crippen LogP contribution >= 0.6 is 0 Å². The monoisotopic (exact) mass is 362 g/mol. The van der Waals surface area contributed by atoms with Crippen molar-refractivity contribution in [1.29, 1.82) is 0 Å². The third kappa shape index (κ3) is 1.98. The molecule has 0 radical (unpaired) electrons. The predicted molar refractivity (Wildman–Crippen MR) is 108 cm³/mol. The molecule has 2 nitrogen and oxygen atoms in total. The van der Waals surface area contributed by atoms with Crippen LogP contribution in [-0.2, 0) is 14.9 Å². The highest BCUT2D eigenvalue weighted by molar-refractivity contribution is 5.58. The third-order valence-electron chi connectivity index (χ3n) is 8.08. The summed E-state index contributed by atoms with van der Waals surface area (Å²) in [4.78, 5) is 0. The molecule has 0 saturated heterocycles. The van der Waals surface area contributed by atoms with Crippen LogP contribution in [0.3, 0.4) is 0 Å². The molecule has 0 N–H and O–H groups in total. The van der Waals surface area contributed by atoms with E-state index in [1.165, 1.54) is 17.5 Å². The van der Waals surface area contributed by atoms with Crippen molar-refractivity contribution in [3.05, 3.63) is 71.8 Å². The van der Waals surface area contributed by atoms with Crippen LogP contribution in [0.2, 0.25) is 0 Å². The zero-order chi connectivity index (χ0) is 18.7.